The fourth-order valence-electron chi connectivity index (χ4n) is 5.46. The van der Waals surface area contributed by atoms with Crippen molar-refractivity contribution in [3.05, 3.63) is 0 Å². The molecule has 0 radical (unpaired) electrons. The molecule has 2 saturated carbocycles. The summed E-state index contributed by atoms with van der Waals surface area (Å²) in [5.41, 5.74) is -0.573. The molecule has 2 fully saturated rings. The molecule has 0 bridgehead atoms. The van der Waals surface area contributed by atoms with E-state index in [1.54, 1.807) is 0 Å². The molecule has 0 aromatic carbocycles. The van der Waals surface area contributed by atoms with E-state index in [9.17, 15) is 9.67 Å². The molecule has 0 spiro atoms. The standard InChI is InChI=1S/C25H49O4P/c1-16(2)20-12-10-18(5)14-22(20)28-30(27,24(26)25(7,8)9)29-23-15-19(6)11-13-21(23)17(3)4/h16-24,26H,10-15H2,1-9H3/t18-,19+,20+,21-,22-,23-,24+,30?/m1/s1. The average Bonchev–Trinajstić information content (AvgIpc) is 2.59. The Labute approximate surface area is 186 Å². The monoisotopic (exact) mass is 444 g/mol. The summed E-state index contributed by atoms with van der Waals surface area (Å²) in [4.78, 5) is 0. The molecule has 30 heavy (non-hydrogen) atoms. The lowest BCUT2D eigenvalue weighted by Gasteiger charge is -2.44. The van der Waals surface area contributed by atoms with Crippen LogP contribution in [0.2, 0.25) is 0 Å². The summed E-state index contributed by atoms with van der Waals surface area (Å²) >= 11 is 0. The normalized spacial score (nSPS) is 36.7. The van der Waals surface area contributed by atoms with Gasteiger partial charge in [0.2, 0.25) is 0 Å². The third-order valence-corrected chi connectivity index (χ3v) is 10.1. The van der Waals surface area contributed by atoms with Crippen molar-refractivity contribution in [3.8, 4) is 0 Å². The predicted octanol–water partition coefficient (Wildman–Crippen LogP) is 7.50. The third kappa shape index (κ3) is 6.56. The molecule has 4 nitrogen and oxygen atoms in total. The molecular weight excluding hydrogens is 395 g/mol. The van der Waals surface area contributed by atoms with Gasteiger partial charge >= 0.3 is 7.60 Å². The minimum atomic E-state index is -3.72. The first-order valence-electron chi connectivity index (χ1n) is 12.4. The number of hydrogen-bond donors (Lipinski definition) is 1. The van der Waals surface area contributed by atoms with E-state index in [4.69, 9.17) is 9.05 Å². The SMILES string of the molecule is CC(C)[C@H]1CC[C@H](C)C[C@H]1OP(=O)(O[C@@H]1C[C@H](C)CC[C@H]1C(C)C)[C@H](O)C(C)(C)C. The smallest absolute Gasteiger partial charge is 0.359 e. The van der Waals surface area contributed by atoms with Gasteiger partial charge in [0.25, 0.3) is 0 Å². The zero-order valence-corrected chi connectivity index (χ0v) is 22.0. The fourth-order valence-corrected chi connectivity index (χ4v) is 7.93. The second-order valence-electron chi connectivity index (χ2n) is 12.2. The minimum Gasteiger partial charge on any atom is -0.380 e. The highest BCUT2D eigenvalue weighted by molar-refractivity contribution is 7.54. The zero-order chi connectivity index (χ0) is 22.9. The van der Waals surface area contributed by atoms with Gasteiger partial charge in [-0.1, -0.05) is 75.2 Å². The van der Waals surface area contributed by atoms with Crippen LogP contribution in [0, 0.1) is 40.9 Å². The molecule has 0 aromatic rings. The summed E-state index contributed by atoms with van der Waals surface area (Å²) in [5, 5.41) is 11.2. The molecule has 1 unspecified atom stereocenters. The maximum atomic E-state index is 14.4. The van der Waals surface area contributed by atoms with E-state index in [0.29, 0.717) is 35.5 Å². The Kier molecular flexibility index (Phi) is 9.11. The Morgan fingerprint density at radius 1 is 0.800 bits per heavy atom. The van der Waals surface area contributed by atoms with Crippen LogP contribution in [-0.4, -0.2) is 23.2 Å². The van der Waals surface area contributed by atoms with Gasteiger partial charge in [-0.2, -0.15) is 0 Å². The summed E-state index contributed by atoms with van der Waals surface area (Å²) in [7, 11) is -3.72. The number of rotatable bonds is 7. The first kappa shape index (κ1) is 26.4. The number of aliphatic hydroxyl groups is 1. The van der Waals surface area contributed by atoms with Crippen LogP contribution in [0.15, 0.2) is 0 Å². The first-order valence-corrected chi connectivity index (χ1v) is 14.0. The van der Waals surface area contributed by atoms with Crippen LogP contribution in [0.4, 0.5) is 0 Å². The van der Waals surface area contributed by atoms with Crippen LogP contribution in [0.5, 0.6) is 0 Å². The molecule has 0 heterocycles. The molecule has 2 rings (SSSR count). The predicted molar refractivity (Wildman–Crippen MR) is 126 cm³/mol. The Morgan fingerprint density at radius 2 is 1.17 bits per heavy atom. The highest BCUT2D eigenvalue weighted by Crippen LogP contribution is 2.62. The van der Waals surface area contributed by atoms with E-state index in [2.05, 4.69) is 41.5 Å². The van der Waals surface area contributed by atoms with Crippen molar-refractivity contribution < 1.29 is 18.7 Å². The van der Waals surface area contributed by atoms with Crippen LogP contribution in [0.1, 0.15) is 101 Å². The van der Waals surface area contributed by atoms with Crippen molar-refractivity contribution in [1.29, 1.82) is 0 Å². The van der Waals surface area contributed by atoms with Crippen molar-refractivity contribution in [2.45, 2.75) is 119 Å². The van der Waals surface area contributed by atoms with Crippen LogP contribution < -0.4 is 0 Å². The molecule has 2 aliphatic carbocycles. The van der Waals surface area contributed by atoms with Gasteiger partial charge < -0.3 is 14.2 Å². The number of aliphatic hydroxyl groups excluding tert-OH is 1. The topological polar surface area (TPSA) is 55.8 Å². The van der Waals surface area contributed by atoms with E-state index >= 15 is 0 Å². The third-order valence-electron chi connectivity index (χ3n) is 7.56. The summed E-state index contributed by atoms with van der Waals surface area (Å²) in [5.74, 6) is 1.60. The van der Waals surface area contributed by atoms with Gasteiger partial charge in [-0.3, -0.25) is 4.57 Å². The molecule has 2 aliphatic rings. The lowest BCUT2D eigenvalue weighted by atomic mass is 9.75. The van der Waals surface area contributed by atoms with E-state index in [1.165, 1.54) is 12.8 Å². The van der Waals surface area contributed by atoms with Gasteiger partial charge in [-0.15, -0.1) is 0 Å². The second-order valence-corrected chi connectivity index (χ2v) is 14.2. The zero-order valence-electron chi connectivity index (χ0n) is 21.1. The Balaban J connectivity index is 2.34. The van der Waals surface area contributed by atoms with Crippen molar-refractivity contribution in [2.24, 2.45) is 40.9 Å². The van der Waals surface area contributed by atoms with Gasteiger partial charge in [0, 0.05) is 0 Å². The lowest BCUT2D eigenvalue weighted by molar-refractivity contribution is -0.0251. The quantitative estimate of drug-likeness (QED) is 0.413. The van der Waals surface area contributed by atoms with Crippen LogP contribution in [0.25, 0.3) is 0 Å². The van der Waals surface area contributed by atoms with Crippen LogP contribution >= 0.6 is 7.60 Å². The summed E-state index contributed by atoms with van der Waals surface area (Å²) in [6.07, 6.45) is 6.10. The van der Waals surface area contributed by atoms with Gasteiger partial charge in [0.05, 0.1) is 12.2 Å². The molecule has 1 N–H and O–H groups in total. The summed E-state index contributed by atoms with van der Waals surface area (Å²) < 4.78 is 27.3. The highest BCUT2D eigenvalue weighted by Gasteiger charge is 2.49. The van der Waals surface area contributed by atoms with E-state index in [-0.39, 0.29) is 12.2 Å². The summed E-state index contributed by atoms with van der Waals surface area (Å²) in [6.45, 7) is 19.1. The minimum absolute atomic E-state index is 0.116. The maximum Gasteiger partial charge on any atom is 0.359 e. The molecule has 0 amide bonds. The molecular formula is C25H49O4P. The van der Waals surface area contributed by atoms with Gasteiger partial charge in [-0.05, 0) is 66.6 Å². The number of hydrogen-bond acceptors (Lipinski definition) is 4. The Hall–Kier alpha value is 0.110. The summed E-state index contributed by atoms with van der Waals surface area (Å²) in [6, 6.07) is 0. The molecule has 178 valence electrons. The van der Waals surface area contributed by atoms with E-state index in [1.807, 2.05) is 20.8 Å². The largest absolute Gasteiger partial charge is 0.380 e. The molecule has 0 saturated heterocycles. The van der Waals surface area contributed by atoms with Crippen molar-refractivity contribution >= 4 is 7.60 Å². The molecule has 5 heteroatoms. The van der Waals surface area contributed by atoms with Gasteiger partial charge in [-0.25, -0.2) is 0 Å². The second kappa shape index (κ2) is 10.4. The fraction of sp³-hybridized carbons (Fsp3) is 1.00. The lowest BCUT2D eigenvalue weighted by Crippen LogP contribution is -2.39. The average molecular weight is 445 g/mol. The highest BCUT2D eigenvalue weighted by atomic mass is 31.2. The van der Waals surface area contributed by atoms with Gasteiger partial charge in [0.15, 0.2) is 5.85 Å². The first-order chi connectivity index (χ1) is 13.7. The van der Waals surface area contributed by atoms with Crippen LogP contribution in [-0.2, 0) is 13.6 Å². The maximum absolute atomic E-state index is 14.4. The molecule has 8 atom stereocenters. The molecule has 0 aliphatic heterocycles. The van der Waals surface area contributed by atoms with Crippen molar-refractivity contribution in [2.75, 3.05) is 0 Å². The van der Waals surface area contributed by atoms with Crippen molar-refractivity contribution in [3.63, 3.8) is 0 Å². The Bertz CT molecular complexity index is 544. The molecule has 0 aromatic heterocycles. The van der Waals surface area contributed by atoms with E-state index < -0.39 is 18.9 Å². The Morgan fingerprint density at radius 3 is 1.47 bits per heavy atom. The van der Waals surface area contributed by atoms with Crippen LogP contribution in [0.3, 0.4) is 0 Å². The van der Waals surface area contributed by atoms with Crippen molar-refractivity contribution in [1.82, 2.24) is 0 Å². The van der Waals surface area contributed by atoms with Gasteiger partial charge in [0.1, 0.15) is 0 Å². The van der Waals surface area contributed by atoms with E-state index in [0.717, 1.165) is 25.7 Å².